The zero-order chi connectivity index (χ0) is 14.5. The number of halogens is 1. The van der Waals surface area contributed by atoms with Gasteiger partial charge in [-0.2, -0.15) is 0 Å². The molecular formula is C16H22BrNO2. The van der Waals surface area contributed by atoms with Gasteiger partial charge in [-0.05, 0) is 50.4 Å². The van der Waals surface area contributed by atoms with Gasteiger partial charge in [0.05, 0.1) is 0 Å². The average Bonchev–Trinajstić information content (AvgIpc) is 2.44. The van der Waals surface area contributed by atoms with Crippen LogP contribution in [0.15, 0.2) is 28.7 Å². The Bertz CT molecular complexity index is 464. The Hall–Kier alpha value is -0.870. The first-order valence-corrected chi connectivity index (χ1v) is 8.10. The fraction of sp³-hybridized carbons (Fsp3) is 0.562. The highest BCUT2D eigenvalue weighted by molar-refractivity contribution is 9.10. The SMILES string of the molecule is CC(c1cccc(Br)c1)N1CCCCC1CCC(=O)O. The van der Waals surface area contributed by atoms with Crippen LogP contribution in [-0.2, 0) is 4.79 Å². The molecule has 0 amide bonds. The highest BCUT2D eigenvalue weighted by Gasteiger charge is 2.27. The van der Waals surface area contributed by atoms with E-state index in [2.05, 4.69) is 46.0 Å². The van der Waals surface area contributed by atoms with Crippen molar-refractivity contribution in [3.63, 3.8) is 0 Å². The van der Waals surface area contributed by atoms with E-state index in [1.165, 1.54) is 18.4 Å². The van der Waals surface area contributed by atoms with E-state index in [1.54, 1.807) is 0 Å². The molecule has 1 aromatic carbocycles. The second-order valence-corrected chi connectivity index (χ2v) is 6.47. The third-order valence-corrected chi connectivity index (χ3v) is 4.69. The minimum absolute atomic E-state index is 0.270. The summed E-state index contributed by atoms with van der Waals surface area (Å²) in [7, 11) is 0. The van der Waals surface area contributed by atoms with E-state index in [0.29, 0.717) is 12.1 Å². The molecule has 1 N–H and O–H groups in total. The molecule has 0 aromatic heterocycles. The summed E-state index contributed by atoms with van der Waals surface area (Å²) in [5, 5.41) is 8.90. The van der Waals surface area contributed by atoms with E-state index in [1.807, 2.05) is 6.07 Å². The number of piperidine rings is 1. The number of rotatable bonds is 5. The first-order chi connectivity index (χ1) is 9.58. The number of benzene rings is 1. The summed E-state index contributed by atoms with van der Waals surface area (Å²) in [6, 6.07) is 9.15. The maximum Gasteiger partial charge on any atom is 0.303 e. The van der Waals surface area contributed by atoms with Gasteiger partial charge in [0.2, 0.25) is 0 Å². The summed E-state index contributed by atoms with van der Waals surface area (Å²) in [4.78, 5) is 13.3. The fourth-order valence-corrected chi connectivity index (χ4v) is 3.51. The number of likely N-dealkylation sites (tertiary alicyclic amines) is 1. The van der Waals surface area contributed by atoms with Crippen LogP contribution in [0.5, 0.6) is 0 Å². The van der Waals surface area contributed by atoms with Crippen LogP contribution in [0, 0.1) is 0 Å². The molecule has 0 spiro atoms. The minimum Gasteiger partial charge on any atom is -0.481 e. The summed E-state index contributed by atoms with van der Waals surface area (Å²) in [5.41, 5.74) is 1.29. The van der Waals surface area contributed by atoms with E-state index in [-0.39, 0.29) is 6.42 Å². The van der Waals surface area contributed by atoms with Gasteiger partial charge in [0, 0.05) is 23.0 Å². The van der Waals surface area contributed by atoms with Gasteiger partial charge < -0.3 is 5.11 Å². The lowest BCUT2D eigenvalue weighted by Gasteiger charge is -2.40. The molecule has 1 aliphatic heterocycles. The molecule has 1 aromatic rings. The van der Waals surface area contributed by atoms with E-state index in [0.717, 1.165) is 23.9 Å². The van der Waals surface area contributed by atoms with Crippen molar-refractivity contribution < 1.29 is 9.90 Å². The number of carboxylic acid groups (broad SMARTS) is 1. The highest BCUT2D eigenvalue weighted by atomic mass is 79.9. The molecule has 2 unspecified atom stereocenters. The number of carboxylic acids is 1. The average molecular weight is 340 g/mol. The molecule has 1 fully saturated rings. The van der Waals surface area contributed by atoms with Crippen molar-refractivity contribution >= 4 is 21.9 Å². The zero-order valence-corrected chi connectivity index (χ0v) is 13.5. The van der Waals surface area contributed by atoms with Crippen LogP contribution in [0.3, 0.4) is 0 Å². The molecule has 4 heteroatoms. The third kappa shape index (κ3) is 4.06. The topological polar surface area (TPSA) is 40.5 Å². The summed E-state index contributed by atoms with van der Waals surface area (Å²) < 4.78 is 1.10. The van der Waals surface area contributed by atoms with E-state index < -0.39 is 5.97 Å². The molecule has 0 bridgehead atoms. The molecule has 1 aliphatic rings. The van der Waals surface area contributed by atoms with Crippen molar-refractivity contribution in [2.45, 2.75) is 51.1 Å². The number of hydrogen-bond donors (Lipinski definition) is 1. The molecule has 1 saturated heterocycles. The van der Waals surface area contributed by atoms with Gasteiger partial charge in [0.15, 0.2) is 0 Å². The first kappa shape index (κ1) is 15.5. The van der Waals surface area contributed by atoms with Gasteiger partial charge in [-0.3, -0.25) is 9.69 Å². The Kier molecular flexibility index (Phi) is 5.61. The van der Waals surface area contributed by atoms with Gasteiger partial charge in [0.1, 0.15) is 0 Å². The lowest BCUT2D eigenvalue weighted by Crippen LogP contribution is -2.41. The molecule has 0 radical (unpaired) electrons. The van der Waals surface area contributed by atoms with Crippen LogP contribution in [0.2, 0.25) is 0 Å². The quantitative estimate of drug-likeness (QED) is 0.872. The van der Waals surface area contributed by atoms with Gasteiger partial charge in [-0.15, -0.1) is 0 Å². The monoisotopic (exact) mass is 339 g/mol. The Labute approximate surface area is 129 Å². The maximum atomic E-state index is 10.8. The lowest BCUT2D eigenvalue weighted by molar-refractivity contribution is -0.137. The molecular weight excluding hydrogens is 318 g/mol. The minimum atomic E-state index is -0.689. The predicted molar refractivity (Wildman–Crippen MR) is 83.8 cm³/mol. The zero-order valence-electron chi connectivity index (χ0n) is 11.9. The van der Waals surface area contributed by atoms with Crippen LogP contribution in [0.1, 0.15) is 50.6 Å². The third-order valence-electron chi connectivity index (χ3n) is 4.19. The lowest BCUT2D eigenvalue weighted by atomic mass is 9.94. The molecule has 110 valence electrons. The van der Waals surface area contributed by atoms with Crippen LogP contribution in [0.4, 0.5) is 0 Å². The van der Waals surface area contributed by atoms with Crippen molar-refractivity contribution in [2.24, 2.45) is 0 Å². The molecule has 1 heterocycles. The molecule has 0 saturated carbocycles. The van der Waals surface area contributed by atoms with Crippen LogP contribution >= 0.6 is 15.9 Å². The van der Waals surface area contributed by atoms with Crippen LogP contribution in [-0.4, -0.2) is 28.6 Å². The number of carbonyl (C=O) groups is 1. The summed E-state index contributed by atoms with van der Waals surface area (Å²) in [5.74, 6) is -0.689. The number of aliphatic carboxylic acids is 1. The smallest absolute Gasteiger partial charge is 0.303 e. The summed E-state index contributed by atoms with van der Waals surface area (Å²) >= 11 is 3.52. The van der Waals surface area contributed by atoms with Gasteiger partial charge in [-0.1, -0.05) is 34.5 Å². The van der Waals surface area contributed by atoms with Gasteiger partial charge in [0.25, 0.3) is 0 Å². The second-order valence-electron chi connectivity index (χ2n) is 5.55. The normalized spacial score (nSPS) is 21.6. The molecule has 3 nitrogen and oxygen atoms in total. The summed E-state index contributed by atoms with van der Waals surface area (Å²) in [6.07, 6.45) is 4.57. The van der Waals surface area contributed by atoms with E-state index in [9.17, 15) is 4.79 Å². The Morgan fingerprint density at radius 1 is 1.50 bits per heavy atom. The van der Waals surface area contributed by atoms with Crippen LogP contribution in [0.25, 0.3) is 0 Å². The maximum absolute atomic E-state index is 10.8. The molecule has 2 atom stereocenters. The van der Waals surface area contributed by atoms with E-state index in [4.69, 9.17) is 5.11 Å². The Balaban J connectivity index is 2.08. The number of nitrogens with zero attached hydrogens (tertiary/aromatic N) is 1. The van der Waals surface area contributed by atoms with Crippen molar-refractivity contribution in [2.75, 3.05) is 6.54 Å². The number of hydrogen-bond acceptors (Lipinski definition) is 2. The Morgan fingerprint density at radius 2 is 2.30 bits per heavy atom. The highest BCUT2D eigenvalue weighted by Crippen LogP contribution is 2.31. The van der Waals surface area contributed by atoms with Crippen molar-refractivity contribution in [1.29, 1.82) is 0 Å². The predicted octanol–water partition coefficient (Wildman–Crippen LogP) is 4.23. The van der Waals surface area contributed by atoms with Crippen molar-refractivity contribution in [3.8, 4) is 0 Å². The second kappa shape index (κ2) is 7.23. The Morgan fingerprint density at radius 3 is 3.00 bits per heavy atom. The first-order valence-electron chi connectivity index (χ1n) is 7.31. The van der Waals surface area contributed by atoms with E-state index >= 15 is 0 Å². The van der Waals surface area contributed by atoms with Gasteiger partial charge >= 0.3 is 5.97 Å². The van der Waals surface area contributed by atoms with Crippen molar-refractivity contribution in [3.05, 3.63) is 34.3 Å². The molecule has 0 aliphatic carbocycles. The van der Waals surface area contributed by atoms with Crippen molar-refractivity contribution in [1.82, 2.24) is 4.90 Å². The largest absolute Gasteiger partial charge is 0.481 e. The van der Waals surface area contributed by atoms with Crippen LogP contribution < -0.4 is 0 Å². The molecule has 2 rings (SSSR count). The standard InChI is InChI=1S/C16H22BrNO2/c1-12(13-5-4-6-14(17)11-13)18-10-3-2-7-15(18)8-9-16(19)20/h4-6,11-12,15H,2-3,7-10H2,1H3,(H,19,20). The van der Waals surface area contributed by atoms with Gasteiger partial charge in [-0.25, -0.2) is 0 Å². The fourth-order valence-electron chi connectivity index (χ4n) is 3.09. The summed E-state index contributed by atoms with van der Waals surface area (Å²) in [6.45, 7) is 3.29. The molecule has 20 heavy (non-hydrogen) atoms.